The van der Waals surface area contributed by atoms with Crippen LogP contribution in [0.5, 0.6) is 0 Å². The molecule has 1 aliphatic carbocycles. The number of aryl methyl sites for hydroxylation is 1. The van der Waals surface area contributed by atoms with Gasteiger partial charge in [-0.1, -0.05) is 24.3 Å². The molecule has 4 heteroatoms. The Labute approximate surface area is 113 Å². The van der Waals surface area contributed by atoms with Crippen LogP contribution in [0.2, 0.25) is 0 Å². The minimum Gasteiger partial charge on any atom is -0.453 e. The van der Waals surface area contributed by atoms with Crippen LogP contribution in [0, 0.1) is 0 Å². The maximum atomic E-state index is 12.0. The minimum absolute atomic E-state index is 0.0378. The molecular formula is C15H20NO3+. The van der Waals surface area contributed by atoms with Gasteiger partial charge in [-0.3, -0.25) is 0 Å². The molecule has 2 aliphatic rings. The molecule has 3 rings (SSSR count). The number of quaternary nitrogens is 1. The predicted molar refractivity (Wildman–Crippen MR) is 70.0 cm³/mol. The first kappa shape index (κ1) is 12.6. The van der Waals surface area contributed by atoms with Crippen molar-refractivity contribution in [3.05, 3.63) is 35.4 Å². The molecule has 0 radical (unpaired) electrons. The van der Waals surface area contributed by atoms with Crippen molar-refractivity contribution in [2.45, 2.75) is 18.9 Å². The summed E-state index contributed by atoms with van der Waals surface area (Å²) in [6.45, 7) is 3.75. The summed E-state index contributed by atoms with van der Waals surface area (Å²) in [5.74, 6) is -0.0846. The maximum Gasteiger partial charge on any atom is 0.362 e. The molecule has 1 saturated heterocycles. The Bertz CT molecular complexity index is 454. The van der Waals surface area contributed by atoms with Gasteiger partial charge in [0.25, 0.3) is 0 Å². The Morgan fingerprint density at radius 3 is 2.95 bits per heavy atom. The zero-order chi connectivity index (χ0) is 13.1. The predicted octanol–water partition coefficient (Wildman–Crippen LogP) is 0.132. The Balaban J connectivity index is 1.55. The molecule has 1 aliphatic heterocycles. The highest BCUT2D eigenvalue weighted by molar-refractivity contribution is 5.70. The van der Waals surface area contributed by atoms with Crippen LogP contribution in [0.25, 0.3) is 0 Å². The molecule has 4 nitrogen and oxygen atoms in total. The summed E-state index contributed by atoms with van der Waals surface area (Å²) in [5, 5.41) is 0. The summed E-state index contributed by atoms with van der Waals surface area (Å²) < 4.78 is 10.9. The number of esters is 1. The van der Waals surface area contributed by atoms with E-state index in [1.165, 1.54) is 16.0 Å². The topological polar surface area (TPSA) is 40.0 Å². The van der Waals surface area contributed by atoms with Gasteiger partial charge in [0.05, 0.1) is 13.2 Å². The Morgan fingerprint density at radius 1 is 1.32 bits per heavy atom. The van der Waals surface area contributed by atoms with Gasteiger partial charge in [0.15, 0.2) is 6.54 Å². The summed E-state index contributed by atoms with van der Waals surface area (Å²) in [5.41, 5.74) is 2.51. The van der Waals surface area contributed by atoms with E-state index in [0.29, 0.717) is 6.54 Å². The van der Waals surface area contributed by atoms with Gasteiger partial charge in [0.2, 0.25) is 0 Å². The van der Waals surface area contributed by atoms with Crippen molar-refractivity contribution in [3.8, 4) is 0 Å². The first-order chi connectivity index (χ1) is 9.33. The lowest BCUT2D eigenvalue weighted by atomic mass is 10.1. The molecular weight excluding hydrogens is 242 g/mol. The lowest BCUT2D eigenvalue weighted by Gasteiger charge is -2.23. The quantitative estimate of drug-likeness (QED) is 0.787. The van der Waals surface area contributed by atoms with Crippen molar-refractivity contribution in [2.75, 3.05) is 32.8 Å². The van der Waals surface area contributed by atoms with Crippen LogP contribution < -0.4 is 4.90 Å². The third-order valence-electron chi connectivity index (χ3n) is 3.95. The van der Waals surface area contributed by atoms with E-state index >= 15 is 0 Å². The van der Waals surface area contributed by atoms with E-state index in [1.807, 2.05) is 12.1 Å². The van der Waals surface area contributed by atoms with Crippen molar-refractivity contribution in [3.63, 3.8) is 0 Å². The van der Waals surface area contributed by atoms with Crippen LogP contribution in [-0.4, -0.2) is 38.8 Å². The normalized spacial score (nSPS) is 23.1. The maximum absolute atomic E-state index is 12.0. The van der Waals surface area contributed by atoms with E-state index in [0.717, 1.165) is 39.1 Å². The van der Waals surface area contributed by atoms with Gasteiger partial charge in [-0.2, -0.15) is 0 Å². The standard InChI is InChI=1S/C15H19NO3/c17-15(11-16-7-9-18-10-8-16)19-14-6-5-12-3-1-2-4-13(12)14/h1-4,14H,5-11H2/p+1. The molecule has 1 N–H and O–H groups in total. The highest BCUT2D eigenvalue weighted by atomic mass is 16.5. The second-order valence-electron chi connectivity index (χ2n) is 5.26. The lowest BCUT2D eigenvalue weighted by molar-refractivity contribution is -0.900. The van der Waals surface area contributed by atoms with Gasteiger partial charge < -0.3 is 14.4 Å². The summed E-state index contributed by atoms with van der Waals surface area (Å²) in [4.78, 5) is 13.3. The van der Waals surface area contributed by atoms with Crippen LogP contribution >= 0.6 is 0 Å². The number of fused-ring (bicyclic) bond motifs is 1. The van der Waals surface area contributed by atoms with Gasteiger partial charge in [0.1, 0.15) is 19.2 Å². The molecule has 1 aromatic rings. The number of hydrogen-bond acceptors (Lipinski definition) is 3. The fraction of sp³-hybridized carbons (Fsp3) is 0.533. The number of carbonyl (C=O) groups is 1. The van der Waals surface area contributed by atoms with Crippen molar-refractivity contribution >= 4 is 5.97 Å². The fourth-order valence-electron chi connectivity index (χ4n) is 2.88. The van der Waals surface area contributed by atoms with Crippen LogP contribution in [0.1, 0.15) is 23.7 Å². The summed E-state index contributed by atoms with van der Waals surface area (Å²) in [6.07, 6.45) is 1.89. The average Bonchev–Trinajstić information content (AvgIpc) is 2.83. The SMILES string of the molecule is O=C(C[NH+]1CCOCC1)OC1CCc2ccccc21. The van der Waals surface area contributed by atoms with Crippen molar-refractivity contribution in [2.24, 2.45) is 0 Å². The largest absolute Gasteiger partial charge is 0.453 e. The molecule has 0 saturated carbocycles. The second-order valence-corrected chi connectivity index (χ2v) is 5.26. The zero-order valence-electron chi connectivity index (χ0n) is 11.1. The number of nitrogens with one attached hydrogen (secondary N) is 1. The summed E-state index contributed by atoms with van der Waals surface area (Å²) in [6, 6.07) is 8.25. The molecule has 0 spiro atoms. The molecule has 1 fully saturated rings. The molecule has 0 bridgehead atoms. The smallest absolute Gasteiger partial charge is 0.362 e. The number of morpholine rings is 1. The Kier molecular flexibility index (Phi) is 3.80. The lowest BCUT2D eigenvalue weighted by Crippen LogP contribution is -3.15. The van der Waals surface area contributed by atoms with Gasteiger partial charge in [0, 0.05) is 0 Å². The van der Waals surface area contributed by atoms with Gasteiger partial charge in [-0.25, -0.2) is 4.79 Å². The average molecular weight is 262 g/mol. The van der Waals surface area contributed by atoms with Crippen LogP contribution in [0.15, 0.2) is 24.3 Å². The summed E-state index contributed by atoms with van der Waals surface area (Å²) in [7, 11) is 0. The van der Waals surface area contributed by atoms with Crippen LogP contribution in [0.4, 0.5) is 0 Å². The molecule has 0 amide bonds. The van der Waals surface area contributed by atoms with Crippen molar-refractivity contribution in [1.82, 2.24) is 0 Å². The molecule has 1 atom stereocenters. The first-order valence-electron chi connectivity index (χ1n) is 7.01. The minimum atomic E-state index is -0.0846. The van der Waals surface area contributed by atoms with Crippen molar-refractivity contribution < 1.29 is 19.2 Å². The van der Waals surface area contributed by atoms with Crippen LogP contribution in [-0.2, 0) is 20.7 Å². The Hall–Kier alpha value is -1.39. The third-order valence-corrected chi connectivity index (χ3v) is 3.95. The number of carbonyl (C=O) groups excluding carboxylic acids is 1. The molecule has 0 aromatic heterocycles. The third kappa shape index (κ3) is 2.96. The molecule has 1 unspecified atom stereocenters. The van der Waals surface area contributed by atoms with Gasteiger partial charge in [-0.15, -0.1) is 0 Å². The number of ether oxygens (including phenoxy) is 2. The van der Waals surface area contributed by atoms with Gasteiger partial charge >= 0.3 is 5.97 Å². The van der Waals surface area contributed by atoms with Crippen molar-refractivity contribution in [1.29, 1.82) is 0 Å². The summed E-state index contributed by atoms with van der Waals surface area (Å²) >= 11 is 0. The van der Waals surface area contributed by atoms with Gasteiger partial charge in [-0.05, 0) is 24.0 Å². The van der Waals surface area contributed by atoms with E-state index < -0.39 is 0 Å². The monoisotopic (exact) mass is 262 g/mol. The number of hydrogen-bond donors (Lipinski definition) is 1. The molecule has 102 valence electrons. The number of benzene rings is 1. The van der Waals surface area contributed by atoms with E-state index in [9.17, 15) is 4.79 Å². The van der Waals surface area contributed by atoms with E-state index in [1.54, 1.807) is 0 Å². The van der Waals surface area contributed by atoms with E-state index in [2.05, 4.69) is 12.1 Å². The molecule has 1 aromatic carbocycles. The van der Waals surface area contributed by atoms with E-state index in [-0.39, 0.29) is 12.1 Å². The highest BCUT2D eigenvalue weighted by Gasteiger charge is 2.27. The van der Waals surface area contributed by atoms with E-state index in [4.69, 9.17) is 9.47 Å². The molecule has 19 heavy (non-hydrogen) atoms. The Morgan fingerprint density at radius 2 is 2.11 bits per heavy atom. The highest BCUT2D eigenvalue weighted by Crippen LogP contribution is 2.33. The fourth-order valence-corrected chi connectivity index (χ4v) is 2.88. The number of rotatable bonds is 3. The first-order valence-corrected chi connectivity index (χ1v) is 7.01. The second kappa shape index (κ2) is 5.72. The molecule has 1 heterocycles. The van der Waals surface area contributed by atoms with Crippen LogP contribution in [0.3, 0.4) is 0 Å². The zero-order valence-corrected chi connectivity index (χ0v) is 11.1.